The minimum atomic E-state index is -0.574. The van der Waals surface area contributed by atoms with Crippen molar-refractivity contribution in [3.05, 3.63) is 64.2 Å². The molecule has 1 fully saturated rings. The minimum absolute atomic E-state index is 0.0213. The summed E-state index contributed by atoms with van der Waals surface area (Å²) < 4.78 is 11.3. The summed E-state index contributed by atoms with van der Waals surface area (Å²) in [6.45, 7) is 0.260. The van der Waals surface area contributed by atoms with Gasteiger partial charge in [-0.3, -0.25) is 20.2 Å². The van der Waals surface area contributed by atoms with Gasteiger partial charge in [-0.1, -0.05) is 35.9 Å². The maximum atomic E-state index is 12.1. The minimum Gasteiger partial charge on any atom is -0.493 e. The van der Waals surface area contributed by atoms with E-state index in [1.54, 1.807) is 30.3 Å². The number of carbonyl (C=O) groups excluding carboxylic acids is 2. The number of hydrogen-bond donors (Lipinski definition) is 2. The Morgan fingerprint density at radius 3 is 2.37 bits per heavy atom. The second-order valence-electron chi connectivity index (χ2n) is 5.59. The van der Waals surface area contributed by atoms with E-state index in [1.165, 1.54) is 13.2 Å². The molecule has 3 rings (SSSR count). The topological polar surface area (TPSA) is 76.7 Å². The molecule has 0 aliphatic carbocycles. The Morgan fingerprint density at radius 2 is 1.74 bits per heavy atom. The number of nitrogens with one attached hydrogen (secondary N) is 2. The number of halogens is 1. The molecular weight excluding hydrogens is 388 g/mol. The Balaban J connectivity index is 1.92. The highest BCUT2D eigenvalue weighted by molar-refractivity contribution is 7.80. The molecule has 0 atom stereocenters. The normalized spacial score (nSPS) is 13.7. The fourth-order valence-corrected chi connectivity index (χ4v) is 2.77. The largest absolute Gasteiger partial charge is 0.493 e. The first kappa shape index (κ1) is 18.9. The van der Waals surface area contributed by atoms with Crippen LogP contribution in [0.25, 0.3) is 6.08 Å². The second-order valence-corrected chi connectivity index (χ2v) is 6.43. The van der Waals surface area contributed by atoms with Crippen LogP contribution in [0.5, 0.6) is 11.5 Å². The lowest BCUT2D eigenvalue weighted by Gasteiger charge is -2.18. The van der Waals surface area contributed by atoms with Crippen molar-refractivity contribution in [3.8, 4) is 11.5 Å². The Labute approximate surface area is 166 Å². The number of carbonyl (C=O) groups is 2. The average molecular weight is 403 g/mol. The molecule has 2 aromatic rings. The molecule has 1 saturated heterocycles. The quantitative estimate of drug-likeness (QED) is 0.457. The van der Waals surface area contributed by atoms with Crippen molar-refractivity contribution in [1.29, 1.82) is 0 Å². The van der Waals surface area contributed by atoms with Crippen molar-refractivity contribution in [2.24, 2.45) is 0 Å². The molecule has 1 aliphatic rings. The van der Waals surface area contributed by atoms with Gasteiger partial charge in [0.2, 0.25) is 0 Å². The summed E-state index contributed by atoms with van der Waals surface area (Å²) in [5.74, 6) is -0.257. The van der Waals surface area contributed by atoms with Crippen LogP contribution in [0.1, 0.15) is 11.1 Å². The highest BCUT2D eigenvalue weighted by atomic mass is 35.5. The first-order chi connectivity index (χ1) is 13.0. The summed E-state index contributed by atoms with van der Waals surface area (Å²) in [5, 5.41) is 5.41. The molecule has 0 radical (unpaired) electrons. The van der Waals surface area contributed by atoms with Gasteiger partial charge in [0.25, 0.3) is 11.8 Å². The third-order valence-electron chi connectivity index (χ3n) is 3.77. The summed E-state index contributed by atoms with van der Waals surface area (Å²) in [5.41, 5.74) is 1.35. The van der Waals surface area contributed by atoms with Crippen LogP contribution in [0, 0.1) is 0 Å². The van der Waals surface area contributed by atoms with Crippen LogP contribution in [0.4, 0.5) is 0 Å². The van der Waals surface area contributed by atoms with Gasteiger partial charge in [0.15, 0.2) is 16.6 Å². The molecule has 6 nitrogen and oxygen atoms in total. The lowest BCUT2D eigenvalue weighted by molar-refractivity contribution is -0.123. The summed E-state index contributed by atoms with van der Waals surface area (Å²) in [6, 6.07) is 12.4. The first-order valence-electron chi connectivity index (χ1n) is 7.90. The second kappa shape index (κ2) is 8.20. The zero-order valence-corrected chi connectivity index (χ0v) is 15.8. The van der Waals surface area contributed by atoms with Gasteiger partial charge in [-0.25, -0.2) is 0 Å². The molecule has 8 heteroatoms. The van der Waals surface area contributed by atoms with Gasteiger partial charge in [0, 0.05) is 10.6 Å². The van der Waals surface area contributed by atoms with Gasteiger partial charge in [-0.15, -0.1) is 0 Å². The average Bonchev–Trinajstić information content (AvgIpc) is 2.64. The molecule has 1 aliphatic heterocycles. The number of thiocarbonyl (C=S) groups is 1. The van der Waals surface area contributed by atoms with Crippen LogP contribution in [-0.4, -0.2) is 24.0 Å². The number of ether oxygens (including phenoxy) is 2. The number of amides is 2. The van der Waals surface area contributed by atoms with Crippen LogP contribution < -0.4 is 20.1 Å². The van der Waals surface area contributed by atoms with Gasteiger partial charge >= 0.3 is 0 Å². The van der Waals surface area contributed by atoms with Gasteiger partial charge in [0.1, 0.15) is 12.2 Å². The summed E-state index contributed by atoms with van der Waals surface area (Å²) >= 11 is 10.7. The van der Waals surface area contributed by atoms with Crippen molar-refractivity contribution < 1.29 is 19.1 Å². The maximum Gasteiger partial charge on any atom is 0.263 e. The molecule has 0 saturated carbocycles. The predicted molar refractivity (Wildman–Crippen MR) is 106 cm³/mol. The molecule has 0 unspecified atom stereocenters. The van der Waals surface area contributed by atoms with Gasteiger partial charge < -0.3 is 9.47 Å². The Hall–Kier alpha value is -2.90. The molecular formula is C19H15ClN2O4S. The number of benzene rings is 2. The highest BCUT2D eigenvalue weighted by Crippen LogP contribution is 2.33. The van der Waals surface area contributed by atoms with Crippen molar-refractivity contribution in [2.75, 3.05) is 7.11 Å². The van der Waals surface area contributed by atoms with E-state index in [2.05, 4.69) is 10.6 Å². The molecule has 1 heterocycles. The van der Waals surface area contributed by atoms with Gasteiger partial charge in [-0.2, -0.15) is 0 Å². The number of hydrogen-bond acceptors (Lipinski definition) is 5. The van der Waals surface area contributed by atoms with E-state index < -0.39 is 11.8 Å². The van der Waals surface area contributed by atoms with E-state index in [1.807, 2.05) is 12.1 Å². The molecule has 2 aromatic carbocycles. The van der Waals surface area contributed by atoms with E-state index in [9.17, 15) is 9.59 Å². The molecule has 0 spiro atoms. The molecule has 27 heavy (non-hydrogen) atoms. The molecule has 0 bridgehead atoms. The Bertz CT molecular complexity index is 919. The molecule has 138 valence electrons. The number of rotatable bonds is 5. The Kier molecular flexibility index (Phi) is 5.73. The van der Waals surface area contributed by atoms with Crippen LogP contribution in [0.3, 0.4) is 0 Å². The standard InChI is InChI=1S/C19H15ClN2O4S/c1-25-15-4-2-3-12(9-14-17(23)21-19(27)22-18(14)24)16(15)26-10-11-5-7-13(20)8-6-11/h2-9H,10H2,1H3,(H2,21,22,23,24,27). The highest BCUT2D eigenvalue weighted by Gasteiger charge is 2.26. The molecule has 2 N–H and O–H groups in total. The van der Waals surface area contributed by atoms with E-state index in [0.29, 0.717) is 22.1 Å². The zero-order chi connectivity index (χ0) is 19.4. The van der Waals surface area contributed by atoms with E-state index in [-0.39, 0.29) is 17.3 Å². The summed E-state index contributed by atoms with van der Waals surface area (Å²) in [7, 11) is 1.51. The number of methoxy groups -OCH3 is 1. The van der Waals surface area contributed by atoms with E-state index in [4.69, 9.17) is 33.3 Å². The van der Waals surface area contributed by atoms with Crippen molar-refractivity contribution >= 4 is 46.8 Å². The number of para-hydroxylation sites is 1. The maximum absolute atomic E-state index is 12.1. The van der Waals surface area contributed by atoms with Crippen LogP contribution in [-0.2, 0) is 16.2 Å². The first-order valence-corrected chi connectivity index (χ1v) is 8.69. The van der Waals surface area contributed by atoms with E-state index >= 15 is 0 Å². The van der Waals surface area contributed by atoms with Crippen molar-refractivity contribution in [1.82, 2.24) is 10.6 Å². The third-order valence-corrected chi connectivity index (χ3v) is 4.23. The predicted octanol–water partition coefficient (Wildman–Crippen LogP) is 2.84. The van der Waals surface area contributed by atoms with E-state index in [0.717, 1.165) is 5.56 Å². The summed E-state index contributed by atoms with van der Waals surface area (Å²) in [6.07, 6.45) is 1.44. The summed E-state index contributed by atoms with van der Waals surface area (Å²) in [4.78, 5) is 24.2. The third kappa shape index (κ3) is 4.45. The van der Waals surface area contributed by atoms with Crippen LogP contribution in [0.15, 0.2) is 48.0 Å². The monoisotopic (exact) mass is 402 g/mol. The fourth-order valence-electron chi connectivity index (χ4n) is 2.46. The zero-order valence-electron chi connectivity index (χ0n) is 14.2. The lowest BCUT2D eigenvalue weighted by atomic mass is 10.1. The smallest absolute Gasteiger partial charge is 0.263 e. The Morgan fingerprint density at radius 1 is 1.07 bits per heavy atom. The van der Waals surface area contributed by atoms with Gasteiger partial charge in [-0.05, 0) is 42.1 Å². The van der Waals surface area contributed by atoms with Crippen molar-refractivity contribution in [2.45, 2.75) is 6.61 Å². The SMILES string of the molecule is COc1cccc(C=C2C(=O)NC(=S)NC2=O)c1OCc1ccc(Cl)cc1. The molecule has 0 aromatic heterocycles. The van der Waals surface area contributed by atoms with Crippen LogP contribution in [0.2, 0.25) is 5.02 Å². The van der Waals surface area contributed by atoms with Crippen LogP contribution >= 0.6 is 23.8 Å². The van der Waals surface area contributed by atoms with Crippen molar-refractivity contribution in [3.63, 3.8) is 0 Å². The fraction of sp³-hybridized carbons (Fsp3) is 0.105. The molecule has 2 amide bonds. The lowest BCUT2D eigenvalue weighted by Crippen LogP contribution is -2.51. The van der Waals surface area contributed by atoms with Gasteiger partial charge in [0.05, 0.1) is 7.11 Å².